The third kappa shape index (κ3) is 6.89. The highest BCUT2D eigenvalue weighted by Crippen LogP contribution is 2.48. The molecular weight excluding hydrogens is 658 g/mol. The first kappa shape index (κ1) is 33.2. The number of halogens is 1. The molecule has 5 aromatic carbocycles. The number of rotatable bonds is 13. The lowest BCUT2D eigenvalue weighted by Crippen LogP contribution is -2.24. The van der Waals surface area contributed by atoms with E-state index in [1.54, 1.807) is 12.1 Å². The molecule has 0 aliphatic carbocycles. The van der Waals surface area contributed by atoms with Crippen LogP contribution in [0.1, 0.15) is 16.7 Å². The largest absolute Gasteiger partial charge is 0.492 e. The maximum absolute atomic E-state index is 14.2. The summed E-state index contributed by atoms with van der Waals surface area (Å²) in [6, 6.07) is 32.3. The molecule has 0 atom stereocenters. The molecule has 0 spiro atoms. The van der Waals surface area contributed by atoms with Gasteiger partial charge in [-0.2, -0.15) is 0 Å². The number of hydrogen-bond acceptors (Lipinski definition) is 6. The molecule has 0 bridgehead atoms. The highest BCUT2D eigenvalue weighted by atomic mass is 32.2. The minimum absolute atomic E-state index is 0.255. The number of likely N-dealkylation sites (N-methyl/N-ethyl adjacent to an activating group) is 2. The van der Waals surface area contributed by atoms with E-state index < -0.39 is 0 Å². The van der Waals surface area contributed by atoms with Gasteiger partial charge >= 0.3 is 0 Å². The second-order valence-corrected chi connectivity index (χ2v) is 14.6. The van der Waals surface area contributed by atoms with Crippen molar-refractivity contribution < 1.29 is 13.9 Å². The van der Waals surface area contributed by atoms with Crippen molar-refractivity contribution in [2.24, 2.45) is 0 Å². The van der Waals surface area contributed by atoms with Gasteiger partial charge in [0.15, 0.2) is 5.75 Å². The monoisotopic (exact) mass is 699 g/mol. The van der Waals surface area contributed by atoms with Crippen LogP contribution in [0.4, 0.5) is 10.1 Å². The van der Waals surface area contributed by atoms with Crippen LogP contribution >= 0.6 is 11.8 Å². The number of nitrogens with zero attached hydrogens (tertiary/aromatic N) is 2. The summed E-state index contributed by atoms with van der Waals surface area (Å²) in [6.07, 6.45) is 0. The summed E-state index contributed by atoms with van der Waals surface area (Å²) in [7, 11) is 6.26. The van der Waals surface area contributed by atoms with Gasteiger partial charge in [0.05, 0.1) is 22.5 Å². The highest BCUT2D eigenvalue weighted by molar-refractivity contribution is 7.98. The topological polar surface area (TPSA) is 68.6 Å². The van der Waals surface area contributed by atoms with E-state index >= 15 is 0 Å². The zero-order valence-electron chi connectivity index (χ0n) is 29.2. The van der Waals surface area contributed by atoms with Crippen LogP contribution in [0.5, 0.6) is 11.5 Å². The fraction of sp³-hybridized carbons (Fsp3) is 0.238. The Kier molecular flexibility index (Phi) is 9.34. The lowest BCUT2D eigenvalue weighted by molar-refractivity contribution is 0.235. The first-order valence-corrected chi connectivity index (χ1v) is 18.4. The minimum Gasteiger partial charge on any atom is -0.492 e. The van der Waals surface area contributed by atoms with E-state index in [9.17, 15) is 4.39 Å². The van der Waals surface area contributed by atoms with Gasteiger partial charge in [-0.25, -0.2) is 4.39 Å². The van der Waals surface area contributed by atoms with Crippen LogP contribution < -0.4 is 14.8 Å². The van der Waals surface area contributed by atoms with Gasteiger partial charge in [-0.05, 0) is 92.4 Å². The summed E-state index contributed by atoms with van der Waals surface area (Å²) >= 11 is 1.88. The molecule has 51 heavy (non-hydrogen) atoms. The summed E-state index contributed by atoms with van der Waals surface area (Å²) in [6.45, 7) is 4.18. The van der Waals surface area contributed by atoms with Crippen molar-refractivity contribution in [1.82, 2.24) is 19.8 Å². The molecule has 8 rings (SSSR count). The number of ether oxygens (including phenoxy) is 2. The predicted octanol–water partition coefficient (Wildman–Crippen LogP) is 9.28. The summed E-state index contributed by atoms with van der Waals surface area (Å²) in [5.41, 5.74) is 9.90. The van der Waals surface area contributed by atoms with Crippen molar-refractivity contribution in [3.63, 3.8) is 0 Å². The standard InChI is InChI=1S/C42H42FN5O2S/c1-47(2)18-20-49-37-10-7-11-38-39(37)40-33(26-51-38)31-22-28(12-15-34(31)45-40)25-48(3)19-21-50-42-36(44-24-27-8-5-4-6-9-27)17-14-30-32-23-29(43)13-16-35(32)46-41(30)42/h4-17,22-23,44-46H,18-21,24-26H2,1-3H3. The maximum atomic E-state index is 14.2. The van der Waals surface area contributed by atoms with Crippen molar-refractivity contribution in [2.45, 2.75) is 23.7 Å². The zero-order valence-corrected chi connectivity index (χ0v) is 30.0. The predicted molar refractivity (Wildman–Crippen MR) is 209 cm³/mol. The molecule has 1 aliphatic rings. The number of aromatic nitrogens is 2. The van der Waals surface area contributed by atoms with Crippen LogP contribution in [0.15, 0.2) is 102 Å². The van der Waals surface area contributed by atoms with Crippen LogP contribution in [0, 0.1) is 5.82 Å². The summed E-state index contributed by atoms with van der Waals surface area (Å²) in [5, 5.41) is 6.62. The molecule has 2 aromatic heterocycles. The smallest absolute Gasteiger partial charge is 0.166 e. The van der Waals surface area contributed by atoms with E-state index in [-0.39, 0.29) is 5.82 Å². The molecular formula is C42H42FN5O2S. The first-order valence-electron chi connectivity index (χ1n) is 17.4. The Morgan fingerprint density at radius 3 is 2.45 bits per heavy atom. The Balaban J connectivity index is 0.992. The maximum Gasteiger partial charge on any atom is 0.166 e. The number of nitrogens with one attached hydrogen (secondary N) is 3. The van der Waals surface area contributed by atoms with E-state index in [1.165, 1.54) is 44.3 Å². The second-order valence-electron chi connectivity index (χ2n) is 13.5. The normalized spacial score (nSPS) is 12.6. The third-order valence-electron chi connectivity index (χ3n) is 9.56. The van der Waals surface area contributed by atoms with Crippen LogP contribution in [0.3, 0.4) is 0 Å². The lowest BCUT2D eigenvalue weighted by atomic mass is 10.0. The van der Waals surface area contributed by atoms with Gasteiger partial charge in [0, 0.05) is 64.0 Å². The van der Waals surface area contributed by atoms with Crippen molar-refractivity contribution >= 4 is 50.2 Å². The molecule has 1 aliphatic heterocycles. The van der Waals surface area contributed by atoms with Crippen LogP contribution in [0.25, 0.3) is 44.0 Å². The number of fused-ring (bicyclic) bond motifs is 8. The van der Waals surface area contributed by atoms with Crippen LogP contribution in [-0.4, -0.2) is 67.2 Å². The van der Waals surface area contributed by atoms with E-state index in [0.29, 0.717) is 19.8 Å². The Morgan fingerprint density at radius 1 is 0.765 bits per heavy atom. The Labute approximate surface area is 301 Å². The molecule has 0 amide bonds. The molecule has 0 unspecified atom stereocenters. The van der Waals surface area contributed by atoms with E-state index in [0.717, 1.165) is 69.9 Å². The van der Waals surface area contributed by atoms with Gasteiger partial charge in [-0.3, -0.25) is 4.90 Å². The third-order valence-corrected chi connectivity index (χ3v) is 10.6. The Hall–Kier alpha value is -4.96. The second kappa shape index (κ2) is 14.3. The van der Waals surface area contributed by atoms with Crippen LogP contribution in [-0.2, 0) is 18.8 Å². The number of hydrogen-bond donors (Lipinski definition) is 3. The van der Waals surface area contributed by atoms with Gasteiger partial charge in [0.1, 0.15) is 24.8 Å². The summed E-state index contributed by atoms with van der Waals surface area (Å²) in [5.74, 6) is 2.35. The molecule has 0 saturated heterocycles. The number of anilines is 1. The molecule has 0 radical (unpaired) electrons. The molecule has 0 fully saturated rings. The zero-order chi connectivity index (χ0) is 34.9. The number of H-pyrrole nitrogens is 2. The van der Waals surface area contributed by atoms with E-state index in [2.05, 4.69) is 94.8 Å². The fourth-order valence-electron chi connectivity index (χ4n) is 6.93. The van der Waals surface area contributed by atoms with Gasteiger partial charge in [-0.1, -0.05) is 42.5 Å². The molecule has 7 nitrogen and oxygen atoms in total. The Morgan fingerprint density at radius 2 is 1.59 bits per heavy atom. The van der Waals surface area contributed by atoms with Crippen molar-refractivity contribution in [3.8, 4) is 22.8 Å². The molecule has 7 aromatic rings. The minimum atomic E-state index is -0.255. The van der Waals surface area contributed by atoms with E-state index in [4.69, 9.17) is 9.47 Å². The van der Waals surface area contributed by atoms with Gasteiger partial charge in [0.2, 0.25) is 0 Å². The van der Waals surface area contributed by atoms with Gasteiger partial charge in [0.25, 0.3) is 0 Å². The molecule has 0 saturated carbocycles. The molecule has 9 heteroatoms. The van der Waals surface area contributed by atoms with Crippen molar-refractivity contribution in [1.29, 1.82) is 0 Å². The SMILES string of the molecule is CN(C)CCOc1cccc2c1-c1[nH]c3ccc(CN(C)CCOc4c(NCc5ccccc5)ccc5c4[nH]c4ccc(F)cc45)cc3c1CS2. The molecule has 260 valence electrons. The van der Waals surface area contributed by atoms with E-state index in [1.807, 2.05) is 42.1 Å². The fourth-order valence-corrected chi connectivity index (χ4v) is 8.05. The molecule has 3 heterocycles. The lowest BCUT2D eigenvalue weighted by Gasteiger charge is -2.21. The number of benzene rings is 5. The average molecular weight is 700 g/mol. The number of aromatic amines is 2. The Bertz CT molecular complexity index is 2330. The van der Waals surface area contributed by atoms with Crippen molar-refractivity contribution in [3.05, 3.63) is 120 Å². The average Bonchev–Trinajstić information content (AvgIpc) is 3.69. The first-order chi connectivity index (χ1) is 24.9. The van der Waals surface area contributed by atoms with Crippen LogP contribution in [0.2, 0.25) is 0 Å². The van der Waals surface area contributed by atoms with Gasteiger partial charge < -0.3 is 29.7 Å². The summed E-state index contributed by atoms with van der Waals surface area (Å²) < 4.78 is 27.1. The highest BCUT2D eigenvalue weighted by Gasteiger charge is 2.25. The van der Waals surface area contributed by atoms with Gasteiger partial charge in [-0.15, -0.1) is 11.8 Å². The molecule has 3 N–H and O–H groups in total. The summed E-state index contributed by atoms with van der Waals surface area (Å²) in [4.78, 5) is 12.9. The quantitative estimate of drug-likeness (QED) is 0.112. The number of thioether (sulfide) groups is 1. The van der Waals surface area contributed by atoms with Crippen molar-refractivity contribution in [2.75, 3.05) is 52.8 Å².